The van der Waals surface area contributed by atoms with Gasteiger partial charge >= 0.3 is 0 Å². The number of methoxy groups -OCH3 is 1. The van der Waals surface area contributed by atoms with E-state index in [0.29, 0.717) is 32.1 Å². The van der Waals surface area contributed by atoms with Gasteiger partial charge in [0.15, 0.2) is 5.75 Å². The van der Waals surface area contributed by atoms with Crippen molar-refractivity contribution in [1.29, 1.82) is 0 Å². The molecule has 1 N–H and O–H groups in total. The molecule has 1 aromatic rings. The molecule has 8 heteroatoms. The van der Waals surface area contributed by atoms with Gasteiger partial charge in [0, 0.05) is 13.1 Å². The third kappa shape index (κ3) is 3.64. The Bertz CT molecular complexity index is 471. The van der Waals surface area contributed by atoms with E-state index in [0.717, 1.165) is 0 Å². The Morgan fingerprint density at radius 1 is 1.35 bits per heavy atom. The molecular weight excluding hydrogens is 264 g/mol. The number of amides is 2. The normalized spacial score (nSPS) is 14.8. The lowest BCUT2D eigenvalue weighted by Crippen LogP contribution is -2.45. The molecule has 1 aliphatic heterocycles. The number of hydrogen-bond acceptors (Lipinski definition) is 6. The van der Waals surface area contributed by atoms with Crippen LogP contribution >= 0.6 is 0 Å². The number of aromatic nitrogens is 2. The minimum atomic E-state index is -0.491. The molecule has 0 aliphatic carbocycles. The second-order valence-electron chi connectivity index (χ2n) is 4.12. The molecule has 2 rings (SSSR count). The highest BCUT2D eigenvalue weighted by Crippen LogP contribution is 2.04. The summed E-state index contributed by atoms with van der Waals surface area (Å²) in [5.41, 5.74) is 0. The summed E-state index contributed by atoms with van der Waals surface area (Å²) in [4.78, 5) is 32.9. The van der Waals surface area contributed by atoms with E-state index in [1.807, 2.05) is 0 Å². The van der Waals surface area contributed by atoms with Gasteiger partial charge in [0.1, 0.15) is 0 Å². The van der Waals surface area contributed by atoms with Gasteiger partial charge in [-0.15, -0.1) is 0 Å². The zero-order valence-corrected chi connectivity index (χ0v) is 11.2. The molecule has 0 bridgehead atoms. The molecule has 0 atom stereocenters. The monoisotopic (exact) mass is 280 g/mol. The van der Waals surface area contributed by atoms with Crippen LogP contribution < -0.4 is 10.1 Å². The van der Waals surface area contributed by atoms with Crippen LogP contribution in [0.1, 0.15) is 10.6 Å². The predicted octanol–water partition coefficient (Wildman–Crippen LogP) is -0.926. The van der Waals surface area contributed by atoms with Crippen LogP contribution in [0.15, 0.2) is 12.4 Å². The van der Waals surface area contributed by atoms with Crippen LogP contribution in [-0.4, -0.2) is 66.6 Å². The van der Waals surface area contributed by atoms with Gasteiger partial charge in [-0.05, 0) is 0 Å². The van der Waals surface area contributed by atoms with E-state index in [1.54, 1.807) is 4.90 Å². The van der Waals surface area contributed by atoms with Crippen molar-refractivity contribution in [1.82, 2.24) is 20.2 Å². The molecule has 0 unspecified atom stereocenters. The Kier molecular flexibility index (Phi) is 4.83. The van der Waals surface area contributed by atoms with Gasteiger partial charge in [-0.3, -0.25) is 9.59 Å². The Morgan fingerprint density at radius 3 is 2.60 bits per heavy atom. The molecule has 1 aliphatic rings. The standard InChI is InChI=1S/C12H16N4O4/c1-19-9-6-13-11(14-7-9)12(18)15-8-10(17)16-2-4-20-5-3-16/h6-7H,2-5,8H2,1H3,(H,15,18). The van der Waals surface area contributed by atoms with E-state index >= 15 is 0 Å². The SMILES string of the molecule is COc1cnc(C(=O)NCC(=O)N2CCOCC2)nc1. The van der Waals surface area contributed by atoms with Gasteiger partial charge in [-0.1, -0.05) is 0 Å². The van der Waals surface area contributed by atoms with Crippen molar-refractivity contribution in [3.8, 4) is 5.75 Å². The maximum atomic E-state index is 11.8. The van der Waals surface area contributed by atoms with Crippen molar-refractivity contribution in [3.05, 3.63) is 18.2 Å². The van der Waals surface area contributed by atoms with Crippen LogP contribution in [0.25, 0.3) is 0 Å². The molecular formula is C12H16N4O4. The van der Waals surface area contributed by atoms with Crippen LogP contribution in [0.3, 0.4) is 0 Å². The number of hydrogen-bond donors (Lipinski definition) is 1. The van der Waals surface area contributed by atoms with Gasteiger partial charge in [-0.2, -0.15) is 0 Å². The zero-order chi connectivity index (χ0) is 14.4. The molecule has 2 amide bonds. The number of morpholine rings is 1. The van der Waals surface area contributed by atoms with Crippen LogP contribution in [0.5, 0.6) is 5.75 Å². The van der Waals surface area contributed by atoms with Crippen molar-refractivity contribution in [2.45, 2.75) is 0 Å². The summed E-state index contributed by atoms with van der Waals surface area (Å²) in [6.07, 6.45) is 2.79. The van der Waals surface area contributed by atoms with Crippen molar-refractivity contribution in [2.75, 3.05) is 40.0 Å². The molecule has 0 spiro atoms. The van der Waals surface area contributed by atoms with Crippen LogP contribution in [-0.2, 0) is 9.53 Å². The van der Waals surface area contributed by atoms with E-state index < -0.39 is 5.91 Å². The van der Waals surface area contributed by atoms with E-state index in [4.69, 9.17) is 9.47 Å². The summed E-state index contributed by atoms with van der Waals surface area (Å²) in [6.45, 7) is 2.08. The summed E-state index contributed by atoms with van der Waals surface area (Å²) in [5.74, 6) is -0.170. The second kappa shape index (κ2) is 6.80. The van der Waals surface area contributed by atoms with Gasteiger partial charge in [0.2, 0.25) is 11.7 Å². The summed E-state index contributed by atoms with van der Waals surface area (Å²) < 4.78 is 10.1. The number of rotatable bonds is 4. The first-order chi connectivity index (χ1) is 9.70. The highest BCUT2D eigenvalue weighted by atomic mass is 16.5. The maximum absolute atomic E-state index is 11.8. The predicted molar refractivity (Wildman–Crippen MR) is 68.3 cm³/mol. The van der Waals surface area contributed by atoms with Gasteiger partial charge in [-0.25, -0.2) is 9.97 Å². The smallest absolute Gasteiger partial charge is 0.289 e. The van der Waals surface area contributed by atoms with Gasteiger partial charge < -0.3 is 19.7 Å². The van der Waals surface area contributed by atoms with Crippen molar-refractivity contribution < 1.29 is 19.1 Å². The Labute approximate surface area is 116 Å². The minimum absolute atomic E-state index is 0.000535. The highest BCUT2D eigenvalue weighted by Gasteiger charge is 2.18. The van der Waals surface area contributed by atoms with Crippen LogP contribution in [0.4, 0.5) is 0 Å². The molecule has 20 heavy (non-hydrogen) atoms. The number of carbonyl (C=O) groups excluding carboxylic acids is 2. The Balaban J connectivity index is 1.83. The highest BCUT2D eigenvalue weighted by molar-refractivity contribution is 5.93. The number of ether oxygens (including phenoxy) is 2. The lowest BCUT2D eigenvalue weighted by Gasteiger charge is -2.26. The van der Waals surface area contributed by atoms with Crippen molar-refractivity contribution in [3.63, 3.8) is 0 Å². The van der Waals surface area contributed by atoms with Crippen molar-refractivity contribution >= 4 is 11.8 Å². The molecule has 1 aromatic heterocycles. The van der Waals surface area contributed by atoms with E-state index in [2.05, 4.69) is 15.3 Å². The third-order valence-corrected chi connectivity index (χ3v) is 2.83. The lowest BCUT2D eigenvalue weighted by atomic mass is 10.4. The molecule has 108 valence electrons. The van der Waals surface area contributed by atoms with Crippen molar-refractivity contribution in [2.24, 2.45) is 0 Å². The van der Waals surface area contributed by atoms with E-state index in [-0.39, 0.29) is 18.3 Å². The number of nitrogens with zero attached hydrogens (tertiary/aromatic N) is 3. The Hall–Kier alpha value is -2.22. The summed E-state index contributed by atoms with van der Waals surface area (Å²) in [5, 5.41) is 2.50. The third-order valence-electron chi connectivity index (χ3n) is 2.83. The fraction of sp³-hybridized carbons (Fsp3) is 0.500. The quantitative estimate of drug-likeness (QED) is 0.766. The second-order valence-corrected chi connectivity index (χ2v) is 4.12. The fourth-order valence-corrected chi connectivity index (χ4v) is 1.70. The average Bonchev–Trinajstić information content (AvgIpc) is 2.53. The first-order valence-electron chi connectivity index (χ1n) is 6.20. The molecule has 1 saturated heterocycles. The molecule has 0 saturated carbocycles. The molecule has 2 heterocycles. The molecule has 1 fully saturated rings. The maximum Gasteiger partial charge on any atom is 0.289 e. The zero-order valence-electron chi connectivity index (χ0n) is 11.2. The number of nitrogens with one attached hydrogen (secondary N) is 1. The topological polar surface area (TPSA) is 93.6 Å². The summed E-state index contributed by atoms with van der Waals surface area (Å²) in [6, 6.07) is 0. The van der Waals surface area contributed by atoms with Gasteiger partial charge in [0.25, 0.3) is 5.91 Å². The van der Waals surface area contributed by atoms with E-state index in [1.165, 1.54) is 19.5 Å². The summed E-state index contributed by atoms with van der Waals surface area (Å²) in [7, 11) is 1.49. The lowest BCUT2D eigenvalue weighted by molar-refractivity contribution is -0.134. The first kappa shape index (κ1) is 14.2. The van der Waals surface area contributed by atoms with Crippen LogP contribution in [0.2, 0.25) is 0 Å². The minimum Gasteiger partial charge on any atom is -0.494 e. The van der Waals surface area contributed by atoms with E-state index in [9.17, 15) is 9.59 Å². The molecule has 8 nitrogen and oxygen atoms in total. The largest absolute Gasteiger partial charge is 0.494 e. The Morgan fingerprint density at radius 2 is 2.00 bits per heavy atom. The van der Waals surface area contributed by atoms with Gasteiger partial charge in [0.05, 0.1) is 39.3 Å². The molecule has 0 aromatic carbocycles. The average molecular weight is 280 g/mol. The first-order valence-corrected chi connectivity index (χ1v) is 6.20. The van der Waals surface area contributed by atoms with Crippen LogP contribution in [0, 0.1) is 0 Å². The summed E-state index contributed by atoms with van der Waals surface area (Å²) >= 11 is 0. The molecule has 0 radical (unpaired) electrons. The fourth-order valence-electron chi connectivity index (χ4n) is 1.70. The number of carbonyl (C=O) groups is 2.